The van der Waals surface area contributed by atoms with Crippen LogP contribution in [0.3, 0.4) is 0 Å². The van der Waals surface area contributed by atoms with Crippen LogP contribution in [-0.4, -0.2) is 9.97 Å². The van der Waals surface area contributed by atoms with Gasteiger partial charge in [0.05, 0.1) is 11.4 Å². The summed E-state index contributed by atoms with van der Waals surface area (Å²) in [5.74, 6) is 0.927. The van der Waals surface area contributed by atoms with Gasteiger partial charge in [-0.2, -0.15) is 0 Å². The van der Waals surface area contributed by atoms with Gasteiger partial charge in [-0.05, 0) is 35.4 Å². The summed E-state index contributed by atoms with van der Waals surface area (Å²) in [6, 6.07) is 12.5. The Kier molecular flexibility index (Phi) is 2.34. The van der Waals surface area contributed by atoms with Gasteiger partial charge in [-0.25, -0.2) is 0 Å². The van der Waals surface area contributed by atoms with Crippen LogP contribution < -0.4 is 4.74 Å². The highest BCUT2D eigenvalue weighted by Crippen LogP contribution is 2.54. The van der Waals surface area contributed by atoms with Crippen molar-refractivity contribution in [1.29, 1.82) is 0 Å². The Morgan fingerprint density at radius 3 is 2.61 bits per heavy atom. The number of fused-ring (bicyclic) bond motifs is 7. The number of hydrogen-bond acceptors (Lipinski definition) is 3. The second-order valence-corrected chi connectivity index (χ2v) is 6.69. The topological polar surface area (TPSA) is 35.0 Å². The molecule has 1 aromatic carbocycles. The van der Waals surface area contributed by atoms with Crippen LogP contribution >= 0.6 is 0 Å². The fraction of sp³-hybridized carbons (Fsp3) is 0.200. The van der Waals surface area contributed by atoms with Crippen LogP contribution in [0.25, 0.3) is 22.5 Å². The van der Waals surface area contributed by atoms with E-state index in [9.17, 15) is 0 Å². The maximum atomic E-state index is 6.01. The number of benzene rings is 1. The molecule has 112 valence electrons. The summed E-state index contributed by atoms with van der Waals surface area (Å²) in [5.41, 5.74) is 8.05. The fourth-order valence-electron chi connectivity index (χ4n) is 3.98. The van der Waals surface area contributed by atoms with Crippen molar-refractivity contribution in [3.63, 3.8) is 0 Å². The van der Waals surface area contributed by atoms with Gasteiger partial charge in [-0.15, -0.1) is 0 Å². The Hall–Kier alpha value is -2.68. The normalized spacial score (nSPS) is 15.9. The zero-order valence-electron chi connectivity index (χ0n) is 13.1. The van der Waals surface area contributed by atoms with Crippen LogP contribution in [0.2, 0.25) is 0 Å². The molecule has 0 spiro atoms. The standard InChI is InChI=1S/C20H16N2O/c1-20(2)14-6-4-10-22-19(14)13-7-8-15-16(17(13)20)18-12(11-23-15)5-3-9-21-18/h3-10H,11H2,1-2H3. The predicted octanol–water partition coefficient (Wildman–Crippen LogP) is 4.34. The van der Waals surface area contributed by atoms with Gasteiger partial charge in [-0.1, -0.05) is 26.0 Å². The third-order valence-electron chi connectivity index (χ3n) is 5.04. The summed E-state index contributed by atoms with van der Waals surface area (Å²) in [5, 5.41) is 0. The molecule has 23 heavy (non-hydrogen) atoms. The van der Waals surface area contributed by atoms with E-state index >= 15 is 0 Å². The van der Waals surface area contributed by atoms with Crippen LogP contribution in [-0.2, 0) is 12.0 Å². The molecule has 0 radical (unpaired) electrons. The smallest absolute Gasteiger partial charge is 0.129 e. The minimum Gasteiger partial charge on any atom is -0.488 e. The number of pyridine rings is 2. The van der Waals surface area contributed by atoms with Gasteiger partial charge in [-0.3, -0.25) is 9.97 Å². The fourth-order valence-corrected chi connectivity index (χ4v) is 3.98. The third-order valence-corrected chi connectivity index (χ3v) is 5.04. The zero-order valence-corrected chi connectivity index (χ0v) is 13.1. The maximum absolute atomic E-state index is 6.01. The van der Waals surface area contributed by atoms with Crippen molar-refractivity contribution in [3.05, 3.63) is 65.5 Å². The molecule has 0 N–H and O–H groups in total. The zero-order chi connectivity index (χ0) is 15.6. The van der Waals surface area contributed by atoms with E-state index in [1.165, 1.54) is 16.7 Å². The van der Waals surface area contributed by atoms with Gasteiger partial charge in [0.25, 0.3) is 0 Å². The van der Waals surface area contributed by atoms with Crippen LogP contribution in [0.4, 0.5) is 0 Å². The molecule has 2 aromatic heterocycles. The molecule has 3 heteroatoms. The van der Waals surface area contributed by atoms with Crippen LogP contribution in [0.15, 0.2) is 48.8 Å². The Labute approximate surface area is 135 Å². The average molecular weight is 300 g/mol. The Balaban J connectivity index is 1.91. The summed E-state index contributed by atoms with van der Waals surface area (Å²) in [4.78, 5) is 9.31. The second-order valence-electron chi connectivity index (χ2n) is 6.69. The molecule has 0 saturated heterocycles. The molecule has 0 bridgehead atoms. The molecule has 0 saturated carbocycles. The Morgan fingerprint density at radius 1 is 0.957 bits per heavy atom. The minimum atomic E-state index is -0.111. The number of hydrogen-bond donors (Lipinski definition) is 0. The first-order valence-corrected chi connectivity index (χ1v) is 7.88. The lowest BCUT2D eigenvalue weighted by Crippen LogP contribution is -2.19. The summed E-state index contributed by atoms with van der Waals surface area (Å²) in [6.07, 6.45) is 3.73. The largest absolute Gasteiger partial charge is 0.488 e. The molecule has 3 aromatic rings. The first kappa shape index (κ1) is 12.8. The lowest BCUT2D eigenvalue weighted by molar-refractivity contribution is 0.301. The van der Waals surface area contributed by atoms with Gasteiger partial charge in [0, 0.05) is 34.5 Å². The van der Waals surface area contributed by atoms with E-state index in [-0.39, 0.29) is 5.41 Å². The second kappa shape index (κ2) is 4.19. The molecular formula is C20H16N2O. The van der Waals surface area contributed by atoms with Crippen molar-refractivity contribution in [2.24, 2.45) is 0 Å². The molecule has 0 unspecified atom stereocenters. The number of ether oxygens (including phenoxy) is 1. The van der Waals surface area contributed by atoms with Gasteiger partial charge in [0.2, 0.25) is 0 Å². The SMILES string of the molecule is CC1(C)c2cccnc2-c2ccc3c(c21)-c1ncccc1CO3. The summed E-state index contributed by atoms with van der Waals surface area (Å²) in [6.45, 7) is 5.11. The molecule has 0 amide bonds. The highest BCUT2D eigenvalue weighted by molar-refractivity contribution is 5.89. The Morgan fingerprint density at radius 2 is 1.74 bits per heavy atom. The average Bonchev–Trinajstić information content (AvgIpc) is 2.83. The Bertz CT molecular complexity index is 960. The molecule has 1 aliphatic heterocycles. The maximum Gasteiger partial charge on any atom is 0.129 e. The van der Waals surface area contributed by atoms with E-state index in [2.05, 4.69) is 48.1 Å². The van der Waals surface area contributed by atoms with Crippen molar-refractivity contribution in [2.45, 2.75) is 25.9 Å². The lowest BCUT2D eigenvalue weighted by Gasteiger charge is -2.28. The van der Waals surface area contributed by atoms with Crippen molar-refractivity contribution >= 4 is 0 Å². The lowest BCUT2D eigenvalue weighted by atomic mass is 9.78. The van der Waals surface area contributed by atoms with Crippen molar-refractivity contribution in [1.82, 2.24) is 9.97 Å². The van der Waals surface area contributed by atoms with E-state index in [0.717, 1.165) is 28.3 Å². The van der Waals surface area contributed by atoms with E-state index in [4.69, 9.17) is 4.74 Å². The summed E-state index contributed by atoms with van der Waals surface area (Å²) in [7, 11) is 0. The highest BCUT2D eigenvalue weighted by Gasteiger charge is 2.40. The predicted molar refractivity (Wildman–Crippen MR) is 89.4 cm³/mol. The quantitative estimate of drug-likeness (QED) is 0.619. The molecule has 3 heterocycles. The number of rotatable bonds is 0. The van der Waals surface area contributed by atoms with E-state index in [0.29, 0.717) is 6.61 Å². The van der Waals surface area contributed by atoms with Gasteiger partial charge in [0.1, 0.15) is 12.4 Å². The minimum absolute atomic E-state index is 0.111. The molecule has 3 nitrogen and oxygen atoms in total. The van der Waals surface area contributed by atoms with E-state index < -0.39 is 0 Å². The van der Waals surface area contributed by atoms with Crippen LogP contribution in [0, 0.1) is 0 Å². The number of nitrogens with zero attached hydrogens (tertiary/aromatic N) is 2. The molecule has 5 rings (SSSR count). The van der Waals surface area contributed by atoms with Crippen molar-refractivity contribution in [2.75, 3.05) is 0 Å². The highest BCUT2D eigenvalue weighted by atomic mass is 16.5. The van der Waals surface area contributed by atoms with Crippen LogP contribution in [0.1, 0.15) is 30.5 Å². The summed E-state index contributed by atoms with van der Waals surface area (Å²) >= 11 is 0. The molecule has 0 fully saturated rings. The first-order chi connectivity index (χ1) is 11.2. The summed E-state index contributed by atoms with van der Waals surface area (Å²) < 4.78 is 6.01. The molecule has 0 atom stereocenters. The van der Waals surface area contributed by atoms with Crippen LogP contribution in [0.5, 0.6) is 5.75 Å². The first-order valence-electron chi connectivity index (χ1n) is 7.88. The van der Waals surface area contributed by atoms with Crippen molar-refractivity contribution < 1.29 is 4.74 Å². The molecule has 1 aliphatic carbocycles. The monoisotopic (exact) mass is 300 g/mol. The molecular weight excluding hydrogens is 284 g/mol. The van der Waals surface area contributed by atoms with E-state index in [1.54, 1.807) is 0 Å². The van der Waals surface area contributed by atoms with Gasteiger partial charge in [0.15, 0.2) is 0 Å². The van der Waals surface area contributed by atoms with Gasteiger partial charge >= 0.3 is 0 Å². The van der Waals surface area contributed by atoms with E-state index in [1.807, 2.05) is 24.5 Å². The van der Waals surface area contributed by atoms with Gasteiger partial charge < -0.3 is 4.74 Å². The molecule has 2 aliphatic rings. The number of aromatic nitrogens is 2. The van der Waals surface area contributed by atoms with Crippen molar-refractivity contribution in [3.8, 4) is 28.3 Å². The third kappa shape index (κ3) is 1.54.